The van der Waals surface area contributed by atoms with E-state index in [1.165, 1.54) is 31.4 Å². The smallest absolute Gasteiger partial charge is 0.337 e. The van der Waals surface area contributed by atoms with Crippen LogP contribution >= 0.6 is 0 Å². The van der Waals surface area contributed by atoms with Crippen molar-refractivity contribution in [2.45, 2.75) is 24.9 Å². The Morgan fingerprint density at radius 3 is 1.75 bits per heavy atom. The van der Waals surface area contributed by atoms with Gasteiger partial charge in [0.2, 0.25) is 0 Å². The SMILES string of the molecule is COC(=O)c1ccc(OCCCN2CCC(C(O)(c3ccc(F)cc3)c3ccc(F)cc3)CC2)cc1.O=C(O)/C=C/C(=O)O. The van der Waals surface area contributed by atoms with Crippen LogP contribution in [-0.2, 0) is 19.9 Å². The third kappa shape index (κ3) is 9.72. The summed E-state index contributed by atoms with van der Waals surface area (Å²) in [5, 5.41) is 27.6. The number of aliphatic carboxylic acids is 2. The summed E-state index contributed by atoms with van der Waals surface area (Å²) in [5.74, 6) is -3.01. The number of methoxy groups -OCH3 is 1. The van der Waals surface area contributed by atoms with Crippen molar-refractivity contribution in [1.82, 2.24) is 4.90 Å². The van der Waals surface area contributed by atoms with Gasteiger partial charge in [-0.15, -0.1) is 0 Å². The minimum absolute atomic E-state index is 0.0887. The summed E-state index contributed by atoms with van der Waals surface area (Å²) in [6.45, 7) is 3.03. The monoisotopic (exact) mass is 611 g/mol. The van der Waals surface area contributed by atoms with Crippen LogP contribution in [0.25, 0.3) is 0 Å². The fourth-order valence-electron chi connectivity index (χ4n) is 5.05. The number of nitrogens with zero attached hydrogens (tertiary/aromatic N) is 1. The summed E-state index contributed by atoms with van der Waals surface area (Å²) < 4.78 is 37.6. The van der Waals surface area contributed by atoms with Crippen molar-refractivity contribution >= 4 is 17.9 Å². The van der Waals surface area contributed by atoms with Gasteiger partial charge in [0.05, 0.1) is 19.3 Å². The quantitative estimate of drug-likeness (QED) is 0.158. The zero-order chi connectivity index (χ0) is 32.1. The lowest BCUT2D eigenvalue weighted by Crippen LogP contribution is -2.44. The zero-order valence-electron chi connectivity index (χ0n) is 24.2. The van der Waals surface area contributed by atoms with E-state index in [0.29, 0.717) is 41.2 Å². The average molecular weight is 612 g/mol. The number of halogens is 2. The second-order valence-corrected chi connectivity index (χ2v) is 10.1. The van der Waals surface area contributed by atoms with Crippen molar-refractivity contribution in [2.24, 2.45) is 5.92 Å². The third-order valence-corrected chi connectivity index (χ3v) is 7.28. The lowest BCUT2D eigenvalue weighted by molar-refractivity contribution is -0.134. The molecule has 3 aromatic carbocycles. The fourth-order valence-corrected chi connectivity index (χ4v) is 5.05. The highest BCUT2D eigenvalue weighted by Crippen LogP contribution is 2.42. The molecule has 4 rings (SSSR count). The van der Waals surface area contributed by atoms with Crippen LogP contribution in [0, 0.1) is 17.6 Å². The highest BCUT2D eigenvalue weighted by atomic mass is 19.1. The summed E-state index contributed by atoms with van der Waals surface area (Å²) in [6.07, 6.45) is 3.45. The number of carboxylic acids is 2. The lowest BCUT2D eigenvalue weighted by Gasteiger charge is -2.42. The molecule has 0 saturated carbocycles. The molecule has 0 aliphatic carbocycles. The molecule has 0 spiro atoms. The predicted octanol–water partition coefficient (Wildman–Crippen LogP) is 4.88. The first-order valence-electron chi connectivity index (χ1n) is 13.9. The van der Waals surface area contributed by atoms with Crippen molar-refractivity contribution in [2.75, 3.05) is 33.4 Å². The Balaban J connectivity index is 0.000000583. The van der Waals surface area contributed by atoms with Crippen molar-refractivity contribution in [3.8, 4) is 5.75 Å². The molecule has 3 N–H and O–H groups in total. The van der Waals surface area contributed by atoms with Crippen molar-refractivity contribution in [3.05, 3.63) is 113 Å². The fraction of sp³-hybridized carbons (Fsp3) is 0.303. The zero-order valence-corrected chi connectivity index (χ0v) is 24.2. The molecule has 0 unspecified atom stereocenters. The number of hydrogen-bond donors (Lipinski definition) is 3. The maximum Gasteiger partial charge on any atom is 0.337 e. The highest BCUT2D eigenvalue weighted by Gasteiger charge is 2.41. The van der Waals surface area contributed by atoms with E-state index in [1.54, 1.807) is 48.5 Å². The molecule has 9 nitrogen and oxygen atoms in total. The number of esters is 1. The van der Waals surface area contributed by atoms with Crippen molar-refractivity contribution in [1.29, 1.82) is 0 Å². The van der Waals surface area contributed by atoms with E-state index in [0.717, 1.165) is 38.9 Å². The van der Waals surface area contributed by atoms with Crippen LogP contribution in [0.15, 0.2) is 84.9 Å². The molecule has 44 heavy (non-hydrogen) atoms. The Morgan fingerprint density at radius 2 is 1.32 bits per heavy atom. The number of piperidine rings is 1. The molecule has 1 aliphatic heterocycles. The average Bonchev–Trinajstić information content (AvgIpc) is 3.03. The summed E-state index contributed by atoms with van der Waals surface area (Å²) in [6, 6.07) is 18.7. The molecule has 234 valence electrons. The first kappa shape index (κ1) is 33.9. The number of aliphatic hydroxyl groups is 1. The Labute approximate surface area is 254 Å². The van der Waals surface area contributed by atoms with E-state index in [9.17, 15) is 28.3 Å². The topological polar surface area (TPSA) is 134 Å². The number of carboxylic acid groups (broad SMARTS) is 2. The molecule has 0 atom stereocenters. The maximum absolute atomic E-state index is 13.6. The molecule has 0 radical (unpaired) electrons. The number of carbonyl (C=O) groups excluding carboxylic acids is 1. The van der Waals surface area contributed by atoms with Crippen LogP contribution in [0.1, 0.15) is 40.7 Å². The molecule has 11 heteroatoms. The molecule has 0 aromatic heterocycles. The number of benzene rings is 3. The van der Waals surface area contributed by atoms with Crippen LogP contribution in [0.3, 0.4) is 0 Å². The molecular formula is C33H35F2NO8. The van der Waals surface area contributed by atoms with Gasteiger partial charge in [0, 0.05) is 18.7 Å². The Kier molecular flexibility index (Phi) is 12.5. The van der Waals surface area contributed by atoms with Gasteiger partial charge in [-0.1, -0.05) is 24.3 Å². The van der Waals surface area contributed by atoms with Gasteiger partial charge in [-0.05, 0) is 97.9 Å². The van der Waals surface area contributed by atoms with Gasteiger partial charge in [-0.2, -0.15) is 0 Å². The minimum Gasteiger partial charge on any atom is -0.494 e. The van der Waals surface area contributed by atoms with E-state index in [-0.39, 0.29) is 23.5 Å². The van der Waals surface area contributed by atoms with Crippen molar-refractivity contribution < 1.29 is 48.0 Å². The van der Waals surface area contributed by atoms with Gasteiger partial charge >= 0.3 is 17.9 Å². The lowest BCUT2D eigenvalue weighted by atomic mass is 9.72. The van der Waals surface area contributed by atoms with E-state index in [2.05, 4.69) is 4.90 Å². The first-order valence-corrected chi connectivity index (χ1v) is 13.9. The second-order valence-electron chi connectivity index (χ2n) is 10.1. The molecular weight excluding hydrogens is 576 g/mol. The third-order valence-electron chi connectivity index (χ3n) is 7.28. The first-order chi connectivity index (χ1) is 21.0. The molecule has 1 aliphatic rings. The van der Waals surface area contributed by atoms with E-state index >= 15 is 0 Å². The summed E-state index contributed by atoms with van der Waals surface area (Å²) >= 11 is 0. The van der Waals surface area contributed by atoms with E-state index in [4.69, 9.17) is 19.7 Å². The summed E-state index contributed by atoms with van der Waals surface area (Å²) in [5.41, 5.74) is 0.377. The summed E-state index contributed by atoms with van der Waals surface area (Å²) in [7, 11) is 1.35. The Bertz CT molecular complexity index is 1340. The molecule has 0 amide bonds. The van der Waals surface area contributed by atoms with Crippen LogP contribution in [-0.4, -0.2) is 71.5 Å². The molecule has 1 fully saturated rings. The van der Waals surface area contributed by atoms with Gasteiger partial charge in [0.15, 0.2) is 0 Å². The standard InChI is InChI=1S/C29H31F2NO4.C4H4O4/c1-35-28(33)21-3-13-27(14-4-21)36-20-2-17-32-18-15-24(16-19-32)29(34,22-5-9-25(30)10-6-22)23-7-11-26(31)12-8-23;5-3(6)1-2-4(7)8/h3-14,24,34H,2,15-20H2,1H3;1-2H,(H,5,6)(H,7,8)/b;2-1+. The predicted molar refractivity (Wildman–Crippen MR) is 157 cm³/mol. The largest absolute Gasteiger partial charge is 0.494 e. The number of carbonyl (C=O) groups is 3. The van der Waals surface area contributed by atoms with Gasteiger partial charge in [0.1, 0.15) is 23.0 Å². The van der Waals surface area contributed by atoms with Crippen LogP contribution in [0.5, 0.6) is 5.75 Å². The maximum atomic E-state index is 13.6. The van der Waals surface area contributed by atoms with Gasteiger partial charge < -0.3 is 29.7 Å². The highest BCUT2D eigenvalue weighted by molar-refractivity contribution is 5.90. The Morgan fingerprint density at radius 1 is 0.841 bits per heavy atom. The van der Waals surface area contributed by atoms with Crippen LogP contribution in [0.4, 0.5) is 8.78 Å². The number of ether oxygens (including phenoxy) is 2. The van der Waals surface area contributed by atoms with Gasteiger partial charge in [0.25, 0.3) is 0 Å². The number of hydrogen-bond acceptors (Lipinski definition) is 7. The van der Waals surface area contributed by atoms with Crippen molar-refractivity contribution in [3.63, 3.8) is 0 Å². The van der Waals surface area contributed by atoms with E-state index < -0.39 is 17.5 Å². The molecule has 0 bridgehead atoms. The second kappa shape index (κ2) is 16.3. The van der Waals surface area contributed by atoms with Crippen LogP contribution in [0.2, 0.25) is 0 Å². The Hall–Kier alpha value is -4.61. The number of rotatable bonds is 11. The van der Waals surface area contributed by atoms with Gasteiger partial charge in [-0.3, -0.25) is 0 Å². The minimum atomic E-state index is -1.33. The molecule has 3 aromatic rings. The van der Waals surface area contributed by atoms with Crippen LogP contribution < -0.4 is 4.74 Å². The van der Waals surface area contributed by atoms with E-state index in [1.807, 2.05) is 0 Å². The number of likely N-dealkylation sites (tertiary alicyclic amines) is 1. The summed E-state index contributed by atoms with van der Waals surface area (Å²) in [4.78, 5) is 33.0. The molecule has 1 heterocycles. The van der Waals surface area contributed by atoms with Gasteiger partial charge in [-0.25, -0.2) is 23.2 Å². The normalized spacial score (nSPS) is 14.0. The molecule has 1 saturated heterocycles.